The topological polar surface area (TPSA) is 97.8 Å². The molecule has 25 heavy (non-hydrogen) atoms. The molecule has 8 nitrogen and oxygen atoms in total. The van der Waals surface area contributed by atoms with E-state index in [-0.39, 0.29) is 24.6 Å². The van der Waals surface area contributed by atoms with Crippen LogP contribution in [0.1, 0.15) is 35.8 Å². The molecule has 2 amide bonds. The van der Waals surface area contributed by atoms with E-state index in [1.54, 1.807) is 24.0 Å². The number of amides is 2. The molecule has 1 fully saturated rings. The van der Waals surface area contributed by atoms with Gasteiger partial charge in [-0.3, -0.25) is 9.78 Å². The minimum Gasteiger partial charge on any atom is -0.452 e. The third-order valence-electron chi connectivity index (χ3n) is 3.87. The van der Waals surface area contributed by atoms with Crippen molar-refractivity contribution in [3.05, 3.63) is 29.6 Å². The standard InChI is InChI=1S/C17H23N3O5/c1-3-24-17(23)20-8-6-14(7-9-20)19-15(21)11-25-16(22)13-5-4-12(2)18-10-13/h4-5,10,14H,3,6-9,11H2,1-2H3,(H,19,21). The molecule has 2 heterocycles. The average molecular weight is 349 g/mol. The molecule has 1 aliphatic rings. The number of ether oxygens (including phenoxy) is 2. The SMILES string of the molecule is CCOC(=O)N1CCC(NC(=O)COC(=O)c2ccc(C)nc2)CC1. The first-order valence-electron chi connectivity index (χ1n) is 8.30. The van der Waals surface area contributed by atoms with E-state index in [0.717, 1.165) is 5.69 Å². The summed E-state index contributed by atoms with van der Waals surface area (Å²) in [4.78, 5) is 41.0. The van der Waals surface area contributed by atoms with Gasteiger partial charge in [-0.25, -0.2) is 9.59 Å². The maximum atomic E-state index is 11.9. The molecular formula is C17H23N3O5. The predicted molar refractivity (Wildman–Crippen MR) is 89.0 cm³/mol. The minimum atomic E-state index is -0.584. The van der Waals surface area contributed by atoms with Gasteiger partial charge in [-0.05, 0) is 38.8 Å². The summed E-state index contributed by atoms with van der Waals surface area (Å²) in [6.45, 7) is 4.63. The molecule has 1 N–H and O–H groups in total. The zero-order valence-electron chi connectivity index (χ0n) is 14.5. The van der Waals surface area contributed by atoms with E-state index in [2.05, 4.69) is 10.3 Å². The third kappa shape index (κ3) is 5.74. The summed E-state index contributed by atoms with van der Waals surface area (Å²) in [6, 6.07) is 3.26. The Morgan fingerprint density at radius 2 is 1.96 bits per heavy atom. The first-order valence-corrected chi connectivity index (χ1v) is 8.30. The highest BCUT2D eigenvalue weighted by atomic mass is 16.6. The number of piperidine rings is 1. The van der Waals surface area contributed by atoms with E-state index in [0.29, 0.717) is 38.1 Å². The number of aryl methyl sites for hydroxylation is 1. The summed E-state index contributed by atoms with van der Waals surface area (Å²) >= 11 is 0. The number of carbonyl (C=O) groups is 3. The number of carbonyl (C=O) groups excluding carboxylic acids is 3. The fourth-order valence-corrected chi connectivity index (χ4v) is 2.49. The number of pyridine rings is 1. The third-order valence-corrected chi connectivity index (χ3v) is 3.87. The van der Waals surface area contributed by atoms with Crippen molar-refractivity contribution in [1.29, 1.82) is 0 Å². The second-order valence-electron chi connectivity index (χ2n) is 5.79. The van der Waals surface area contributed by atoms with Gasteiger partial charge in [0.1, 0.15) is 0 Å². The number of hydrogen-bond acceptors (Lipinski definition) is 6. The van der Waals surface area contributed by atoms with E-state index < -0.39 is 5.97 Å². The zero-order chi connectivity index (χ0) is 18.2. The second-order valence-corrected chi connectivity index (χ2v) is 5.79. The largest absolute Gasteiger partial charge is 0.452 e. The van der Waals surface area contributed by atoms with Crippen LogP contribution in [0.15, 0.2) is 18.3 Å². The Bertz CT molecular complexity index is 609. The molecular weight excluding hydrogens is 326 g/mol. The zero-order valence-corrected chi connectivity index (χ0v) is 14.5. The number of rotatable bonds is 5. The maximum Gasteiger partial charge on any atom is 0.409 e. The second kappa shape index (κ2) is 9.00. The molecule has 0 unspecified atom stereocenters. The van der Waals surface area contributed by atoms with Crippen LogP contribution in [-0.2, 0) is 14.3 Å². The van der Waals surface area contributed by atoms with E-state index in [4.69, 9.17) is 9.47 Å². The molecule has 0 bridgehead atoms. The molecule has 1 aromatic heterocycles. The van der Waals surface area contributed by atoms with Crippen LogP contribution in [0.4, 0.5) is 4.79 Å². The lowest BCUT2D eigenvalue weighted by Crippen LogP contribution is -2.47. The lowest BCUT2D eigenvalue weighted by atomic mass is 10.1. The van der Waals surface area contributed by atoms with E-state index in [1.807, 2.05) is 6.92 Å². The van der Waals surface area contributed by atoms with E-state index >= 15 is 0 Å². The van der Waals surface area contributed by atoms with Crippen molar-refractivity contribution < 1.29 is 23.9 Å². The Labute approximate surface area is 146 Å². The fraction of sp³-hybridized carbons (Fsp3) is 0.529. The van der Waals surface area contributed by atoms with Gasteiger partial charge in [0.15, 0.2) is 6.61 Å². The molecule has 8 heteroatoms. The van der Waals surface area contributed by atoms with Gasteiger partial charge in [0.2, 0.25) is 0 Å². The van der Waals surface area contributed by atoms with Gasteiger partial charge in [-0.1, -0.05) is 0 Å². The van der Waals surface area contributed by atoms with Gasteiger partial charge < -0.3 is 19.7 Å². The summed E-state index contributed by atoms with van der Waals surface area (Å²) in [5.74, 6) is -0.942. The lowest BCUT2D eigenvalue weighted by molar-refractivity contribution is -0.125. The Balaban J connectivity index is 1.70. The van der Waals surface area contributed by atoms with Crippen molar-refractivity contribution in [3.63, 3.8) is 0 Å². The highest BCUT2D eigenvalue weighted by Gasteiger charge is 2.24. The highest BCUT2D eigenvalue weighted by molar-refractivity contribution is 5.91. The molecule has 0 atom stereocenters. The number of likely N-dealkylation sites (tertiary alicyclic amines) is 1. The average Bonchev–Trinajstić information content (AvgIpc) is 2.61. The van der Waals surface area contributed by atoms with Crippen LogP contribution in [0.5, 0.6) is 0 Å². The molecule has 0 aromatic carbocycles. The molecule has 0 saturated carbocycles. The lowest BCUT2D eigenvalue weighted by Gasteiger charge is -2.31. The van der Waals surface area contributed by atoms with Gasteiger partial charge in [0, 0.05) is 31.0 Å². The Morgan fingerprint density at radius 3 is 2.56 bits per heavy atom. The van der Waals surface area contributed by atoms with Crippen molar-refractivity contribution in [1.82, 2.24) is 15.2 Å². The van der Waals surface area contributed by atoms with Crippen molar-refractivity contribution >= 4 is 18.0 Å². The van der Waals surface area contributed by atoms with Crippen molar-refractivity contribution in [2.75, 3.05) is 26.3 Å². The van der Waals surface area contributed by atoms with Crippen LogP contribution < -0.4 is 5.32 Å². The summed E-state index contributed by atoms with van der Waals surface area (Å²) < 4.78 is 9.94. The number of aromatic nitrogens is 1. The van der Waals surface area contributed by atoms with Gasteiger partial charge in [0.05, 0.1) is 12.2 Å². The van der Waals surface area contributed by atoms with Crippen molar-refractivity contribution in [2.45, 2.75) is 32.7 Å². The van der Waals surface area contributed by atoms with Crippen LogP contribution in [0.2, 0.25) is 0 Å². The quantitative estimate of drug-likeness (QED) is 0.804. The smallest absolute Gasteiger partial charge is 0.409 e. The van der Waals surface area contributed by atoms with Gasteiger partial charge in [-0.15, -0.1) is 0 Å². The maximum absolute atomic E-state index is 11.9. The Kier molecular flexibility index (Phi) is 6.73. The molecule has 1 aromatic rings. The van der Waals surface area contributed by atoms with Gasteiger partial charge >= 0.3 is 12.1 Å². The fourth-order valence-electron chi connectivity index (χ4n) is 2.49. The van der Waals surface area contributed by atoms with E-state index in [9.17, 15) is 14.4 Å². The van der Waals surface area contributed by atoms with Crippen LogP contribution in [0.3, 0.4) is 0 Å². The molecule has 2 rings (SSSR count). The summed E-state index contributed by atoms with van der Waals surface area (Å²) in [6.07, 6.45) is 2.37. The molecule has 0 radical (unpaired) electrons. The van der Waals surface area contributed by atoms with Gasteiger partial charge in [0.25, 0.3) is 5.91 Å². The molecule has 0 spiro atoms. The number of esters is 1. The Morgan fingerprint density at radius 1 is 1.24 bits per heavy atom. The van der Waals surface area contributed by atoms with Crippen LogP contribution in [0, 0.1) is 6.92 Å². The summed E-state index contributed by atoms with van der Waals surface area (Å²) in [5, 5.41) is 2.82. The molecule has 136 valence electrons. The number of nitrogens with zero attached hydrogens (tertiary/aromatic N) is 2. The highest BCUT2D eigenvalue weighted by Crippen LogP contribution is 2.11. The Hall–Kier alpha value is -2.64. The number of nitrogens with one attached hydrogen (secondary N) is 1. The summed E-state index contributed by atoms with van der Waals surface area (Å²) in [7, 11) is 0. The molecule has 1 saturated heterocycles. The molecule has 1 aliphatic heterocycles. The van der Waals surface area contributed by atoms with Crippen LogP contribution in [0.25, 0.3) is 0 Å². The van der Waals surface area contributed by atoms with Crippen molar-refractivity contribution in [3.8, 4) is 0 Å². The van der Waals surface area contributed by atoms with Crippen molar-refractivity contribution in [2.24, 2.45) is 0 Å². The van der Waals surface area contributed by atoms with E-state index in [1.165, 1.54) is 6.20 Å². The first-order chi connectivity index (χ1) is 12.0. The van der Waals surface area contributed by atoms with Gasteiger partial charge in [-0.2, -0.15) is 0 Å². The number of hydrogen-bond donors (Lipinski definition) is 1. The first kappa shape index (κ1) is 18.7. The summed E-state index contributed by atoms with van der Waals surface area (Å²) in [5.41, 5.74) is 1.10. The van der Waals surface area contributed by atoms with Crippen LogP contribution >= 0.6 is 0 Å². The minimum absolute atomic E-state index is 0.0436. The normalized spacial score (nSPS) is 14.7. The molecule has 0 aliphatic carbocycles. The predicted octanol–water partition coefficient (Wildman–Crippen LogP) is 1.28. The van der Waals surface area contributed by atoms with Crippen LogP contribution in [-0.4, -0.2) is 60.2 Å². The monoisotopic (exact) mass is 349 g/mol.